The molecule has 0 unspecified atom stereocenters. The number of alkyl halides is 24. The van der Waals surface area contributed by atoms with Crippen LogP contribution in [0.3, 0.4) is 0 Å². The average molecular weight is 1150 g/mol. The fraction of sp³-hybridized carbons (Fsp3) is 0.180. The van der Waals surface area contributed by atoms with Gasteiger partial charge in [-0.05, 0) is 42.5 Å². The van der Waals surface area contributed by atoms with Gasteiger partial charge in [0.1, 0.15) is 11.7 Å². The molecule has 0 atom stereocenters. The number of aromatic nitrogens is 1. The minimum Gasteiger partial charge on any atom is -0.365 e. The molecule has 0 aliphatic heterocycles. The molecule has 2 N–H and O–H groups in total. The number of benzene rings is 6. The van der Waals surface area contributed by atoms with Crippen molar-refractivity contribution < 1.29 is 120 Å². The SMILES string of the molecule is FC(F)(F)c1cc([B-](c2cc(C(F)(F)F)cc(C(F)(F)F)c2)(c2cc(C(F)(F)F)cc(C(F)(F)F)c2)c2cc(C(F)(F)F)cc(C(F)(F)F)c2)cc(C(F)(F)F)c1.NC(=O)c1cccc2ccc[n+](CC(=O)c3ccccc3)c12. The molecule has 1 amide bonds. The monoisotopic (exact) mass is 1150 g/mol. The lowest BCUT2D eigenvalue weighted by atomic mass is 9.12. The first-order valence-corrected chi connectivity index (χ1v) is 21.6. The van der Waals surface area contributed by atoms with Gasteiger partial charge < -0.3 is 5.73 Å². The van der Waals surface area contributed by atoms with Crippen LogP contribution in [-0.4, -0.2) is 17.8 Å². The molecule has 29 heteroatoms. The number of pyridine rings is 1. The third-order valence-electron chi connectivity index (χ3n) is 12.0. The number of hydrogen-bond donors (Lipinski definition) is 1. The summed E-state index contributed by atoms with van der Waals surface area (Å²) in [6.45, 7) is 0.158. The van der Waals surface area contributed by atoms with Gasteiger partial charge >= 0.3 is 49.4 Å². The van der Waals surface area contributed by atoms with Crippen molar-refractivity contribution >= 4 is 50.6 Å². The van der Waals surface area contributed by atoms with E-state index in [0.717, 1.165) is 5.39 Å². The number of hydrogen-bond acceptors (Lipinski definition) is 2. The van der Waals surface area contributed by atoms with Crippen LogP contribution in [0.5, 0.6) is 0 Å². The molecule has 4 nitrogen and oxygen atoms in total. The van der Waals surface area contributed by atoms with E-state index in [0.29, 0.717) is 16.6 Å². The molecule has 1 heterocycles. The van der Waals surface area contributed by atoms with Crippen molar-refractivity contribution in [2.24, 2.45) is 5.73 Å². The van der Waals surface area contributed by atoms with Gasteiger partial charge in [-0.1, -0.05) is 84.9 Å². The van der Waals surface area contributed by atoms with E-state index in [-0.39, 0.29) is 12.3 Å². The van der Waals surface area contributed by atoms with Crippen LogP contribution >= 0.6 is 0 Å². The highest BCUT2D eigenvalue weighted by Crippen LogP contribution is 2.41. The van der Waals surface area contributed by atoms with Gasteiger partial charge in [0.25, 0.3) is 5.91 Å². The van der Waals surface area contributed by atoms with Crippen LogP contribution in [0.2, 0.25) is 0 Å². The number of para-hydroxylation sites is 1. The van der Waals surface area contributed by atoms with Crippen LogP contribution in [0, 0.1) is 0 Å². The van der Waals surface area contributed by atoms with Crippen molar-refractivity contribution in [3.05, 3.63) is 195 Å². The molecule has 0 radical (unpaired) electrons. The minimum absolute atomic E-state index is 0.0163. The van der Waals surface area contributed by atoms with Crippen LogP contribution in [-0.2, 0) is 56.0 Å². The second kappa shape index (κ2) is 20.8. The zero-order valence-corrected chi connectivity index (χ0v) is 38.5. The van der Waals surface area contributed by atoms with E-state index >= 15 is 0 Å². The van der Waals surface area contributed by atoms with Gasteiger partial charge in [-0.3, -0.25) is 9.59 Å². The molecule has 0 saturated heterocycles. The summed E-state index contributed by atoms with van der Waals surface area (Å²) in [7, 11) is 0. The topological polar surface area (TPSA) is 64.0 Å². The second-order valence-corrected chi connectivity index (χ2v) is 17.3. The lowest BCUT2D eigenvalue weighted by molar-refractivity contribution is -0.657. The Hall–Kier alpha value is -7.75. The highest BCUT2D eigenvalue weighted by Gasteiger charge is 2.47. The van der Waals surface area contributed by atoms with Crippen LogP contribution in [0.4, 0.5) is 105 Å². The molecule has 0 fully saturated rings. The van der Waals surface area contributed by atoms with Gasteiger partial charge in [-0.2, -0.15) is 132 Å². The number of fused-ring (bicyclic) bond motifs is 1. The smallest absolute Gasteiger partial charge is 0.365 e. The molecular formula is C50H27BF24N2O2. The Morgan fingerprint density at radius 3 is 0.911 bits per heavy atom. The summed E-state index contributed by atoms with van der Waals surface area (Å²) in [5.41, 5.74) is -23.0. The Kier molecular flexibility index (Phi) is 15.9. The van der Waals surface area contributed by atoms with E-state index in [2.05, 4.69) is 0 Å². The van der Waals surface area contributed by atoms with E-state index in [1.54, 1.807) is 35.0 Å². The summed E-state index contributed by atoms with van der Waals surface area (Å²) in [5.74, 6) is -0.518. The van der Waals surface area contributed by atoms with Crippen LogP contribution < -0.4 is 32.2 Å². The summed E-state index contributed by atoms with van der Waals surface area (Å²) < 4.78 is 343. The summed E-state index contributed by atoms with van der Waals surface area (Å²) in [5, 5.41) is 0.875. The van der Waals surface area contributed by atoms with Crippen molar-refractivity contribution in [3.8, 4) is 0 Å². The molecule has 7 aromatic rings. The van der Waals surface area contributed by atoms with Gasteiger partial charge in [0.2, 0.25) is 17.8 Å². The van der Waals surface area contributed by atoms with E-state index in [4.69, 9.17) is 5.73 Å². The Morgan fingerprint density at radius 1 is 0.367 bits per heavy atom. The molecule has 0 saturated carbocycles. The molecule has 79 heavy (non-hydrogen) atoms. The fourth-order valence-corrected chi connectivity index (χ4v) is 8.61. The predicted molar refractivity (Wildman–Crippen MR) is 234 cm³/mol. The van der Waals surface area contributed by atoms with Gasteiger partial charge in [0.15, 0.2) is 6.20 Å². The van der Waals surface area contributed by atoms with E-state index in [9.17, 15) is 115 Å². The number of halogens is 24. The largest absolute Gasteiger partial charge is 0.416 e. The van der Waals surface area contributed by atoms with E-state index in [1.807, 2.05) is 36.4 Å². The third kappa shape index (κ3) is 13.4. The zero-order valence-electron chi connectivity index (χ0n) is 38.5. The maximum absolute atomic E-state index is 14.2. The fourth-order valence-electron chi connectivity index (χ4n) is 8.61. The maximum atomic E-state index is 14.2. The van der Waals surface area contributed by atoms with Crippen LogP contribution in [0.15, 0.2) is 140 Å². The van der Waals surface area contributed by atoms with Crippen molar-refractivity contribution in [2.75, 3.05) is 0 Å². The Bertz CT molecular complexity index is 2980. The molecule has 0 spiro atoms. The quantitative estimate of drug-likeness (QED) is 0.0713. The number of rotatable bonds is 8. The highest BCUT2D eigenvalue weighted by atomic mass is 19.4. The molecule has 0 aliphatic rings. The molecule has 1 aromatic heterocycles. The van der Waals surface area contributed by atoms with Gasteiger partial charge in [-0.25, -0.2) is 0 Å². The zero-order chi connectivity index (χ0) is 59.4. The van der Waals surface area contributed by atoms with Crippen molar-refractivity contribution in [1.82, 2.24) is 0 Å². The van der Waals surface area contributed by atoms with Crippen molar-refractivity contribution in [2.45, 2.75) is 56.0 Å². The number of nitrogens with zero attached hydrogens (tertiary/aromatic N) is 1. The van der Waals surface area contributed by atoms with Crippen molar-refractivity contribution in [3.63, 3.8) is 0 Å². The van der Waals surface area contributed by atoms with E-state index in [1.165, 1.54) is 0 Å². The molecule has 6 aromatic carbocycles. The first kappa shape index (κ1) is 60.5. The normalized spacial score (nSPS) is 13.3. The summed E-state index contributed by atoms with van der Waals surface area (Å²) in [6, 6.07) is 9.38. The minimum atomic E-state index is -6.13. The number of carbonyl (C=O) groups is 2. The van der Waals surface area contributed by atoms with Gasteiger partial charge in [0, 0.05) is 17.0 Å². The molecule has 420 valence electrons. The van der Waals surface area contributed by atoms with Gasteiger partial charge in [-0.15, -0.1) is 0 Å². The third-order valence-corrected chi connectivity index (χ3v) is 12.0. The number of Topliss-reactive ketones (excluding diaryl/α,β-unsaturated/α-hetero) is 1. The Balaban J connectivity index is 0.000000378. The summed E-state index contributed by atoms with van der Waals surface area (Å²) in [4.78, 5) is 24.0. The molecule has 7 rings (SSSR count). The summed E-state index contributed by atoms with van der Waals surface area (Å²) in [6.07, 6.45) is -53.0. The number of ketones is 1. The number of carbonyl (C=O) groups excluding carboxylic acids is 2. The maximum Gasteiger partial charge on any atom is 0.416 e. The predicted octanol–water partition coefficient (Wildman–Crippen LogP) is 13.3. The first-order chi connectivity index (χ1) is 35.9. The number of nitrogens with two attached hydrogens (primary N) is 1. The highest BCUT2D eigenvalue weighted by molar-refractivity contribution is 7.20. The summed E-state index contributed by atoms with van der Waals surface area (Å²) >= 11 is 0. The Labute approximate surface area is 426 Å². The number of amides is 1. The standard InChI is InChI=1S/C32H12BF24.C18H14N2O2/c34-25(35,36)13-1-14(26(37,38)39)6-21(5-13)33(22-7-15(27(40,41)42)2-16(8-22)28(43,44)45,23-9-17(29(46,47)48)3-18(10-23)30(49,50)51)24-11-19(31(52,53)54)4-20(12-24)32(55,56)57;19-18(22)15-10-4-8-14-9-5-11-20(17(14)15)12-16(21)13-6-2-1-3-7-13/h1-12H;1-11H,12H2,(H-,19,22)/q-1;/p+1. The van der Waals surface area contributed by atoms with Crippen LogP contribution in [0.1, 0.15) is 65.2 Å². The first-order valence-electron chi connectivity index (χ1n) is 21.6. The average Bonchev–Trinajstić information content (AvgIpc) is 3.35. The lowest BCUT2D eigenvalue weighted by Gasteiger charge is -2.46. The molecule has 0 aliphatic carbocycles. The lowest BCUT2D eigenvalue weighted by Crippen LogP contribution is -2.75. The van der Waals surface area contributed by atoms with E-state index < -0.39 is 201 Å². The second-order valence-electron chi connectivity index (χ2n) is 17.3. The van der Waals surface area contributed by atoms with Crippen LogP contribution in [0.25, 0.3) is 10.9 Å². The van der Waals surface area contributed by atoms with Gasteiger partial charge in [0.05, 0.1) is 44.5 Å². The molecular weight excluding hydrogens is 1130 g/mol. The number of primary amides is 1. The van der Waals surface area contributed by atoms with Crippen molar-refractivity contribution in [1.29, 1.82) is 0 Å². The molecule has 0 bridgehead atoms. The Morgan fingerprint density at radius 2 is 0.646 bits per heavy atom.